The Balaban J connectivity index is 2.66. The number of nitrogens with one attached hydrogen (secondary N) is 1. The van der Waals surface area contributed by atoms with Crippen LogP contribution >= 0.6 is 0 Å². The smallest absolute Gasteiger partial charge is 0.246 e. The third-order valence-corrected chi connectivity index (χ3v) is 3.76. The van der Waals surface area contributed by atoms with E-state index in [0.29, 0.717) is 31.7 Å². The zero-order valence-corrected chi connectivity index (χ0v) is 11.4. The van der Waals surface area contributed by atoms with Gasteiger partial charge < -0.3 is 10.5 Å². The van der Waals surface area contributed by atoms with Crippen molar-refractivity contribution in [2.75, 3.05) is 26.3 Å². The molecule has 0 aliphatic carbocycles. The Morgan fingerprint density at radius 2 is 1.75 bits per heavy atom. The summed E-state index contributed by atoms with van der Waals surface area (Å²) in [5, 5.41) is 0. The first-order chi connectivity index (χ1) is 9.38. The minimum atomic E-state index is -4.38. The Bertz CT molecular complexity index is 529. The number of nitrogens with two attached hydrogens (primary N) is 1. The van der Waals surface area contributed by atoms with Gasteiger partial charge >= 0.3 is 0 Å². The van der Waals surface area contributed by atoms with Crippen LogP contribution in [0.25, 0.3) is 0 Å². The van der Waals surface area contributed by atoms with Crippen molar-refractivity contribution in [3.63, 3.8) is 0 Å². The fourth-order valence-electron chi connectivity index (χ4n) is 1.42. The highest BCUT2D eigenvalue weighted by atomic mass is 32.2. The van der Waals surface area contributed by atoms with Crippen LogP contribution < -0.4 is 10.5 Å². The van der Waals surface area contributed by atoms with E-state index in [9.17, 15) is 21.6 Å². The van der Waals surface area contributed by atoms with Gasteiger partial charge in [0.2, 0.25) is 10.0 Å². The van der Waals surface area contributed by atoms with Crippen molar-refractivity contribution in [2.45, 2.75) is 11.3 Å². The SMILES string of the molecule is NCCOCCCNS(=O)(=O)c1c(F)cc(F)cc1F. The van der Waals surface area contributed by atoms with Gasteiger partial charge in [-0.3, -0.25) is 0 Å². The van der Waals surface area contributed by atoms with Gasteiger partial charge in [0.1, 0.15) is 17.5 Å². The number of rotatable bonds is 8. The molecule has 3 N–H and O–H groups in total. The molecule has 1 rings (SSSR count). The average molecular weight is 312 g/mol. The lowest BCUT2D eigenvalue weighted by atomic mass is 10.3. The van der Waals surface area contributed by atoms with Crippen LogP contribution in [-0.2, 0) is 14.8 Å². The van der Waals surface area contributed by atoms with E-state index in [1.807, 2.05) is 4.72 Å². The molecule has 20 heavy (non-hydrogen) atoms. The Labute approximate surface area is 115 Å². The summed E-state index contributed by atoms with van der Waals surface area (Å²) >= 11 is 0. The predicted octanol–water partition coefficient (Wildman–Crippen LogP) is 0.748. The van der Waals surface area contributed by atoms with Crippen LogP contribution in [0.1, 0.15) is 6.42 Å². The van der Waals surface area contributed by atoms with Crippen molar-refractivity contribution in [1.82, 2.24) is 4.72 Å². The second-order valence-electron chi connectivity index (χ2n) is 3.85. The fourth-order valence-corrected chi connectivity index (χ4v) is 2.61. The zero-order chi connectivity index (χ0) is 15.2. The molecule has 0 saturated heterocycles. The predicted molar refractivity (Wildman–Crippen MR) is 66.0 cm³/mol. The Kier molecular flexibility index (Phi) is 6.40. The average Bonchev–Trinajstić information content (AvgIpc) is 2.31. The van der Waals surface area contributed by atoms with E-state index in [1.165, 1.54) is 0 Å². The minimum absolute atomic E-state index is 0.0663. The third kappa shape index (κ3) is 4.75. The molecule has 0 fully saturated rings. The molecule has 0 aliphatic rings. The second kappa shape index (κ2) is 7.58. The van der Waals surface area contributed by atoms with E-state index in [0.717, 1.165) is 0 Å². The van der Waals surface area contributed by atoms with Crippen molar-refractivity contribution in [3.05, 3.63) is 29.6 Å². The second-order valence-corrected chi connectivity index (χ2v) is 5.55. The monoisotopic (exact) mass is 312 g/mol. The minimum Gasteiger partial charge on any atom is -0.380 e. The summed E-state index contributed by atoms with van der Waals surface area (Å²) in [5.41, 5.74) is 5.18. The van der Waals surface area contributed by atoms with Crippen LogP contribution in [-0.4, -0.2) is 34.7 Å². The number of hydrogen-bond acceptors (Lipinski definition) is 4. The normalized spacial score (nSPS) is 11.8. The van der Waals surface area contributed by atoms with E-state index in [4.69, 9.17) is 10.5 Å². The Morgan fingerprint density at radius 1 is 1.15 bits per heavy atom. The summed E-state index contributed by atoms with van der Waals surface area (Å²) in [7, 11) is -4.38. The molecule has 1 aromatic carbocycles. The Morgan fingerprint density at radius 3 is 2.30 bits per heavy atom. The van der Waals surface area contributed by atoms with E-state index in [2.05, 4.69) is 0 Å². The number of hydrogen-bond donors (Lipinski definition) is 2. The summed E-state index contributed by atoms with van der Waals surface area (Å²) in [5.74, 6) is -4.14. The number of halogens is 3. The van der Waals surface area contributed by atoms with E-state index >= 15 is 0 Å². The highest BCUT2D eigenvalue weighted by molar-refractivity contribution is 7.89. The maximum atomic E-state index is 13.3. The highest BCUT2D eigenvalue weighted by Gasteiger charge is 2.24. The number of ether oxygens (including phenoxy) is 1. The van der Waals surface area contributed by atoms with Gasteiger partial charge in [-0.05, 0) is 6.42 Å². The van der Waals surface area contributed by atoms with Crippen molar-refractivity contribution >= 4 is 10.0 Å². The lowest BCUT2D eigenvalue weighted by Crippen LogP contribution is -2.27. The molecule has 9 heteroatoms. The van der Waals surface area contributed by atoms with Gasteiger partial charge in [0.15, 0.2) is 4.90 Å². The van der Waals surface area contributed by atoms with Gasteiger partial charge in [-0.15, -0.1) is 0 Å². The standard InChI is InChI=1S/C11H15F3N2O3S/c12-8-6-9(13)11(10(14)7-8)20(17,18)16-3-1-4-19-5-2-15/h6-7,16H,1-5,15H2. The van der Waals surface area contributed by atoms with Crippen LogP contribution in [0.4, 0.5) is 13.2 Å². The maximum Gasteiger partial charge on any atom is 0.246 e. The quantitative estimate of drug-likeness (QED) is 0.694. The molecule has 114 valence electrons. The molecular weight excluding hydrogens is 297 g/mol. The molecule has 0 heterocycles. The molecule has 0 atom stereocenters. The van der Waals surface area contributed by atoms with Gasteiger partial charge in [0.25, 0.3) is 0 Å². The number of sulfonamides is 1. The van der Waals surface area contributed by atoms with Gasteiger partial charge in [-0.2, -0.15) is 0 Å². The highest BCUT2D eigenvalue weighted by Crippen LogP contribution is 2.19. The van der Waals surface area contributed by atoms with Crippen LogP contribution in [0, 0.1) is 17.5 Å². The van der Waals surface area contributed by atoms with Gasteiger partial charge in [-0.1, -0.05) is 0 Å². The molecule has 5 nitrogen and oxygen atoms in total. The molecule has 0 radical (unpaired) electrons. The van der Waals surface area contributed by atoms with Crippen molar-refractivity contribution in [3.8, 4) is 0 Å². The summed E-state index contributed by atoms with van der Waals surface area (Å²) in [6, 6.07) is 0.615. The first-order valence-electron chi connectivity index (χ1n) is 5.80. The number of benzene rings is 1. The summed E-state index contributed by atoms with van der Waals surface area (Å²) in [6.45, 7) is 0.878. The first kappa shape index (κ1) is 16.9. The maximum absolute atomic E-state index is 13.3. The van der Waals surface area contributed by atoms with Crippen molar-refractivity contribution < 1.29 is 26.3 Å². The van der Waals surface area contributed by atoms with Crippen LogP contribution in [0.3, 0.4) is 0 Å². The zero-order valence-electron chi connectivity index (χ0n) is 10.5. The summed E-state index contributed by atoms with van der Waals surface area (Å²) in [6.07, 6.45) is 0.309. The van der Waals surface area contributed by atoms with E-state index in [-0.39, 0.29) is 13.2 Å². The molecular formula is C11H15F3N2O3S. The molecule has 0 saturated carbocycles. The van der Waals surface area contributed by atoms with Crippen LogP contribution in [0.5, 0.6) is 0 Å². The van der Waals surface area contributed by atoms with Gasteiger partial charge in [0, 0.05) is 31.8 Å². The lowest BCUT2D eigenvalue weighted by Gasteiger charge is -2.09. The fraction of sp³-hybridized carbons (Fsp3) is 0.455. The Hall–Kier alpha value is -1.16. The summed E-state index contributed by atoms with van der Waals surface area (Å²) < 4.78 is 69.8. The third-order valence-electron chi connectivity index (χ3n) is 2.25. The molecule has 0 spiro atoms. The van der Waals surface area contributed by atoms with Gasteiger partial charge in [0.05, 0.1) is 6.61 Å². The summed E-state index contributed by atoms with van der Waals surface area (Å²) in [4.78, 5) is -1.19. The van der Waals surface area contributed by atoms with Crippen LogP contribution in [0.2, 0.25) is 0 Å². The molecule has 1 aromatic rings. The molecule has 0 aliphatic heterocycles. The van der Waals surface area contributed by atoms with E-state index in [1.54, 1.807) is 0 Å². The van der Waals surface area contributed by atoms with Crippen molar-refractivity contribution in [1.29, 1.82) is 0 Å². The molecule has 0 bridgehead atoms. The first-order valence-corrected chi connectivity index (χ1v) is 7.29. The van der Waals surface area contributed by atoms with Crippen molar-refractivity contribution in [2.24, 2.45) is 5.73 Å². The largest absolute Gasteiger partial charge is 0.380 e. The van der Waals surface area contributed by atoms with E-state index < -0.39 is 32.4 Å². The topological polar surface area (TPSA) is 81.4 Å². The lowest BCUT2D eigenvalue weighted by molar-refractivity contribution is 0.140. The molecule has 0 aromatic heterocycles. The molecule has 0 amide bonds. The van der Waals surface area contributed by atoms with Gasteiger partial charge in [-0.25, -0.2) is 26.3 Å². The van der Waals surface area contributed by atoms with Crippen LogP contribution in [0.15, 0.2) is 17.0 Å². The molecule has 0 unspecified atom stereocenters.